The molecule has 0 aromatic carbocycles. The van der Waals surface area contributed by atoms with Crippen molar-refractivity contribution < 1.29 is 0 Å². The average molecular weight is 346 g/mol. The Morgan fingerprint density at radius 2 is 1.04 bits per heavy atom. The van der Waals surface area contributed by atoms with Crippen LogP contribution in [0.25, 0.3) is 0 Å². The Balaban J connectivity index is 1.76. The van der Waals surface area contributed by atoms with Crippen molar-refractivity contribution in [1.82, 2.24) is 4.90 Å². The van der Waals surface area contributed by atoms with Gasteiger partial charge < -0.3 is 0 Å². The average Bonchev–Trinajstić information content (AvgIpc) is 2.97. The molecule has 4 bridgehead atoms. The third-order valence-electron chi connectivity index (χ3n) is 10.9. The van der Waals surface area contributed by atoms with Crippen molar-refractivity contribution >= 4 is 0 Å². The van der Waals surface area contributed by atoms with Gasteiger partial charge in [0.05, 0.1) is 0 Å². The van der Waals surface area contributed by atoms with E-state index < -0.39 is 0 Å². The second-order valence-corrected chi connectivity index (χ2v) is 12.8. The summed E-state index contributed by atoms with van der Waals surface area (Å²) in [5.41, 5.74) is 2.27. The summed E-state index contributed by atoms with van der Waals surface area (Å²) in [5, 5.41) is 0. The van der Waals surface area contributed by atoms with Crippen LogP contribution >= 0.6 is 0 Å². The van der Waals surface area contributed by atoms with Crippen LogP contribution in [-0.4, -0.2) is 22.5 Å². The molecule has 0 aromatic heterocycles. The summed E-state index contributed by atoms with van der Waals surface area (Å²) in [6.45, 7) is 23.1. The first-order valence-corrected chi connectivity index (χ1v) is 11.1. The Labute approximate surface area is 157 Å². The molecule has 25 heavy (non-hydrogen) atoms. The Bertz CT molecular complexity index is 523. The van der Waals surface area contributed by atoms with Gasteiger partial charge in [-0.15, -0.1) is 0 Å². The molecule has 0 amide bonds. The molecule has 0 aromatic rings. The van der Waals surface area contributed by atoms with E-state index in [0.717, 1.165) is 23.9 Å². The molecule has 0 spiro atoms. The topological polar surface area (TPSA) is 3.24 Å². The molecule has 0 N–H and O–H groups in total. The Hall–Kier alpha value is -0.0400. The van der Waals surface area contributed by atoms with Crippen molar-refractivity contribution in [2.75, 3.05) is 0 Å². The third-order valence-corrected chi connectivity index (χ3v) is 10.9. The fourth-order valence-corrected chi connectivity index (χ4v) is 8.32. The van der Waals surface area contributed by atoms with Gasteiger partial charge in [-0.25, -0.2) is 0 Å². The summed E-state index contributed by atoms with van der Waals surface area (Å²) in [6, 6.07) is 1.55. The molecule has 1 nitrogen and oxygen atoms in total. The lowest BCUT2D eigenvalue weighted by molar-refractivity contribution is -0.0815. The van der Waals surface area contributed by atoms with E-state index in [1.54, 1.807) is 0 Å². The number of hydrogen-bond acceptors (Lipinski definition) is 1. The van der Waals surface area contributed by atoms with Crippen molar-refractivity contribution in [3.05, 3.63) is 0 Å². The smallest absolute Gasteiger partial charge is 0.0165 e. The number of hydrogen-bond donors (Lipinski definition) is 0. The van der Waals surface area contributed by atoms with Gasteiger partial charge in [0.25, 0.3) is 0 Å². The standard InChI is InChI=1S/C24H43N/c1-20(2,3)25(18-14-16-10-12-23(18,8)21(16,4)5)19-15-17-11-13-24(19,9)22(17,6)7/h16-19H,10-15H2,1-9H3. The molecular formula is C24H43N. The molecule has 1 heteroatoms. The van der Waals surface area contributed by atoms with Crippen molar-refractivity contribution in [3.63, 3.8) is 0 Å². The van der Waals surface area contributed by atoms with Gasteiger partial charge in [0.1, 0.15) is 0 Å². The molecule has 4 aliphatic rings. The molecular weight excluding hydrogens is 302 g/mol. The number of rotatable bonds is 2. The normalized spacial score (nSPS) is 50.2. The third kappa shape index (κ3) is 2.00. The van der Waals surface area contributed by atoms with Crippen LogP contribution in [0.5, 0.6) is 0 Å². The van der Waals surface area contributed by atoms with Crippen molar-refractivity contribution in [1.29, 1.82) is 0 Å². The lowest BCUT2D eigenvalue weighted by Gasteiger charge is -2.56. The summed E-state index contributed by atoms with van der Waals surface area (Å²) in [6.07, 6.45) is 8.70. The van der Waals surface area contributed by atoms with Crippen LogP contribution in [0, 0.1) is 33.5 Å². The predicted molar refractivity (Wildman–Crippen MR) is 108 cm³/mol. The summed E-state index contributed by atoms with van der Waals surface area (Å²) < 4.78 is 0. The zero-order valence-electron chi connectivity index (χ0n) is 18.5. The molecule has 6 atom stereocenters. The molecule has 4 rings (SSSR count). The van der Waals surface area contributed by atoms with Crippen LogP contribution in [0.2, 0.25) is 0 Å². The molecule has 144 valence electrons. The van der Waals surface area contributed by atoms with Gasteiger partial charge in [0.15, 0.2) is 0 Å². The minimum Gasteiger partial charge on any atom is -0.291 e. The van der Waals surface area contributed by atoms with Crippen LogP contribution in [0.4, 0.5) is 0 Å². The maximum Gasteiger partial charge on any atom is 0.0165 e. The fraction of sp³-hybridized carbons (Fsp3) is 1.00. The first-order chi connectivity index (χ1) is 11.3. The SMILES string of the molecule is CC(C)(C)N(C1CC2CCC1(C)C2(C)C)C1CC2CCC1(C)C2(C)C. The molecule has 4 saturated carbocycles. The lowest BCUT2D eigenvalue weighted by Crippen LogP contribution is -2.62. The number of nitrogens with zero attached hydrogens (tertiary/aromatic N) is 1. The summed E-state index contributed by atoms with van der Waals surface area (Å²) in [5.74, 6) is 1.87. The van der Waals surface area contributed by atoms with Gasteiger partial charge in [-0.3, -0.25) is 4.90 Å². The van der Waals surface area contributed by atoms with E-state index >= 15 is 0 Å². The molecule has 0 radical (unpaired) electrons. The quantitative estimate of drug-likeness (QED) is 0.551. The maximum atomic E-state index is 3.08. The van der Waals surface area contributed by atoms with Gasteiger partial charge in [0.2, 0.25) is 0 Å². The molecule has 6 unspecified atom stereocenters. The largest absolute Gasteiger partial charge is 0.291 e. The van der Waals surface area contributed by atoms with Crippen molar-refractivity contribution in [2.45, 2.75) is 118 Å². The van der Waals surface area contributed by atoms with Crippen LogP contribution in [0.1, 0.15) is 101 Å². The first kappa shape index (κ1) is 18.3. The van der Waals surface area contributed by atoms with Gasteiger partial charge in [-0.05, 0) is 92.8 Å². The summed E-state index contributed by atoms with van der Waals surface area (Å²) >= 11 is 0. The highest BCUT2D eigenvalue weighted by Gasteiger charge is 2.68. The van der Waals surface area contributed by atoms with E-state index in [0.29, 0.717) is 21.7 Å². The van der Waals surface area contributed by atoms with Gasteiger partial charge >= 0.3 is 0 Å². The van der Waals surface area contributed by atoms with Gasteiger partial charge in [0, 0.05) is 17.6 Å². The van der Waals surface area contributed by atoms with E-state index in [1.807, 2.05) is 0 Å². The number of fused-ring (bicyclic) bond motifs is 4. The van der Waals surface area contributed by atoms with Crippen LogP contribution in [-0.2, 0) is 0 Å². The van der Waals surface area contributed by atoms with Gasteiger partial charge in [-0.1, -0.05) is 41.5 Å². The second-order valence-electron chi connectivity index (χ2n) is 12.8. The van der Waals surface area contributed by atoms with Crippen LogP contribution in [0.3, 0.4) is 0 Å². The zero-order valence-corrected chi connectivity index (χ0v) is 18.5. The maximum absolute atomic E-state index is 3.08. The van der Waals surface area contributed by atoms with E-state index in [4.69, 9.17) is 0 Å². The van der Waals surface area contributed by atoms with E-state index in [1.165, 1.54) is 38.5 Å². The Morgan fingerprint density at radius 1 is 0.680 bits per heavy atom. The monoisotopic (exact) mass is 345 g/mol. The van der Waals surface area contributed by atoms with E-state index in [2.05, 4.69) is 67.2 Å². The van der Waals surface area contributed by atoms with Crippen molar-refractivity contribution in [2.24, 2.45) is 33.5 Å². The second kappa shape index (κ2) is 4.86. The lowest BCUT2D eigenvalue weighted by atomic mass is 9.65. The highest BCUT2D eigenvalue weighted by atomic mass is 15.3. The molecule has 0 aliphatic heterocycles. The highest BCUT2D eigenvalue weighted by molar-refractivity contribution is 5.20. The predicted octanol–water partition coefficient (Wildman–Crippen LogP) is 6.52. The molecule has 0 heterocycles. The summed E-state index contributed by atoms with van der Waals surface area (Å²) in [4.78, 5) is 3.08. The Kier molecular flexibility index (Phi) is 3.57. The zero-order chi connectivity index (χ0) is 18.6. The van der Waals surface area contributed by atoms with Crippen molar-refractivity contribution in [3.8, 4) is 0 Å². The van der Waals surface area contributed by atoms with Crippen LogP contribution < -0.4 is 0 Å². The fourth-order valence-electron chi connectivity index (χ4n) is 8.32. The molecule has 4 aliphatic carbocycles. The minimum absolute atomic E-state index is 0.266. The van der Waals surface area contributed by atoms with E-state index in [9.17, 15) is 0 Å². The minimum atomic E-state index is 0.266. The van der Waals surface area contributed by atoms with E-state index in [-0.39, 0.29) is 5.54 Å². The molecule has 0 saturated heterocycles. The first-order valence-electron chi connectivity index (χ1n) is 11.1. The highest BCUT2D eigenvalue weighted by Crippen LogP contribution is 2.71. The van der Waals surface area contributed by atoms with Gasteiger partial charge in [-0.2, -0.15) is 0 Å². The Morgan fingerprint density at radius 3 is 1.24 bits per heavy atom. The summed E-state index contributed by atoms with van der Waals surface area (Å²) in [7, 11) is 0. The molecule has 4 fully saturated rings. The van der Waals surface area contributed by atoms with Crippen LogP contribution in [0.15, 0.2) is 0 Å².